The van der Waals surface area contributed by atoms with Crippen molar-refractivity contribution in [2.24, 2.45) is 11.8 Å². The van der Waals surface area contributed by atoms with Crippen molar-refractivity contribution in [3.8, 4) is 0 Å². The van der Waals surface area contributed by atoms with Crippen LogP contribution in [0.3, 0.4) is 0 Å². The second-order valence-electron chi connectivity index (χ2n) is 6.07. The summed E-state index contributed by atoms with van der Waals surface area (Å²) in [4.78, 5) is 0. The van der Waals surface area contributed by atoms with E-state index in [1.807, 2.05) is 6.26 Å². The van der Waals surface area contributed by atoms with E-state index in [4.69, 9.17) is 4.42 Å². The van der Waals surface area contributed by atoms with Gasteiger partial charge in [-0.1, -0.05) is 39.5 Å². The molecule has 0 radical (unpaired) electrons. The molecule has 108 valence electrons. The van der Waals surface area contributed by atoms with Crippen LogP contribution in [0.15, 0.2) is 23.0 Å². The molecule has 1 N–H and O–H groups in total. The van der Waals surface area contributed by atoms with Gasteiger partial charge in [-0.3, -0.25) is 0 Å². The van der Waals surface area contributed by atoms with Gasteiger partial charge in [-0.25, -0.2) is 0 Å². The monoisotopic (exact) mass is 263 g/mol. The Hall–Kier alpha value is -0.760. The molecule has 2 nitrogen and oxygen atoms in total. The molecule has 2 rings (SSSR count). The molecule has 0 bridgehead atoms. The Labute approximate surface area is 118 Å². The summed E-state index contributed by atoms with van der Waals surface area (Å²) in [5.74, 6) is 1.85. The van der Waals surface area contributed by atoms with Crippen LogP contribution in [0.5, 0.6) is 0 Å². The first-order valence-electron chi connectivity index (χ1n) is 8.07. The highest BCUT2D eigenvalue weighted by Crippen LogP contribution is 2.34. The largest absolute Gasteiger partial charge is 0.472 e. The minimum Gasteiger partial charge on any atom is -0.472 e. The molecule has 1 atom stereocenters. The van der Waals surface area contributed by atoms with E-state index in [-0.39, 0.29) is 0 Å². The second-order valence-corrected chi connectivity index (χ2v) is 6.07. The van der Waals surface area contributed by atoms with Crippen LogP contribution in [-0.4, -0.2) is 12.6 Å². The van der Waals surface area contributed by atoms with Gasteiger partial charge in [0.05, 0.1) is 12.5 Å². The molecule has 1 aliphatic rings. The van der Waals surface area contributed by atoms with Crippen LogP contribution in [0, 0.1) is 11.8 Å². The molecule has 0 amide bonds. The van der Waals surface area contributed by atoms with E-state index in [1.54, 1.807) is 6.26 Å². The highest BCUT2D eigenvalue weighted by Gasteiger charge is 2.27. The third kappa shape index (κ3) is 4.38. The van der Waals surface area contributed by atoms with Crippen molar-refractivity contribution in [1.29, 1.82) is 0 Å². The van der Waals surface area contributed by atoms with Gasteiger partial charge in [-0.15, -0.1) is 0 Å². The van der Waals surface area contributed by atoms with E-state index in [0.717, 1.165) is 24.8 Å². The van der Waals surface area contributed by atoms with Crippen LogP contribution in [-0.2, 0) is 6.42 Å². The topological polar surface area (TPSA) is 25.2 Å². The van der Waals surface area contributed by atoms with E-state index >= 15 is 0 Å². The van der Waals surface area contributed by atoms with E-state index in [0.29, 0.717) is 6.04 Å². The molecule has 0 aromatic carbocycles. The van der Waals surface area contributed by atoms with Crippen LogP contribution in [0.1, 0.15) is 57.9 Å². The molecule has 1 fully saturated rings. The lowest BCUT2D eigenvalue weighted by Gasteiger charge is -2.34. The van der Waals surface area contributed by atoms with Crippen LogP contribution in [0.25, 0.3) is 0 Å². The Bertz CT molecular complexity index is 325. The van der Waals surface area contributed by atoms with Crippen LogP contribution >= 0.6 is 0 Å². The minimum absolute atomic E-state index is 0.630. The Kier molecular flexibility index (Phi) is 5.96. The first-order valence-corrected chi connectivity index (χ1v) is 8.07. The van der Waals surface area contributed by atoms with Gasteiger partial charge in [-0.2, -0.15) is 0 Å². The van der Waals surface area contributed by atoms with Crippen LogP contribution in [0.2, 0.25) is 0 Å². The molecule has 0 saturated heterocycles. The number of rotatable bonds is 7. The van der Waals surface area contributed by atoms with Crippen molar-refractivity contribution >= 4 is 0 Å². The fourth-order valence-corrected chi connectivity index (χ4v) is 3.62. The average Bonchev–Trinajstić information content (AvgIpc) is 2.93. The molecule has 1 aliphatic carbocycles. The second kappa shape index (κ2) is 7.74. The fraction of sp³-hybridized carbons (Fsp3) is 0.765. The summed E-state index contributed by atoms with van der Waals surface area (Å²) in [5, 5.41) is 3.70. The number of hydrogen-bond donors (Lipinski definition) is 1. The lowest BCUT2D eigenvalue weighted by Crippen LogP contribution is -2.39. The zero-order valence-corrected chi connectivity index (χ0v) is 12.5. The number of furan rings is 1. The Morgan fingerprint density at radius 1 is 1.26 bits per heavy atom. The summed E-state index contributed by atoms with van der Waals surface area (Å²) in [6.07, 6.45) is 13.3. The van der Waals surface area contributed by atoms with Crippen molar-refractivity contribution in [2.45, 2.75) is 64.8 Å². The molecule has 1 unspecified atom stereocenters. The first kappa shape index (κ1) is 14.6. The van der Waals surface area contributed by atoms with Crippen LogP contribution in [0.4, 0.5) is 0 Å². The summed E-state index contributed by atoms with van der Waals surface area (Å²) in [7, 11) is 0. The number of likely N-dealkylation sites (N-methyl/N-ethyl adjacent to an activating group) is 1. The Morgan fingerprint density at radius 3 is 2.63 bits per heavy atom. The summed E-state index contributed by atoms with van der Waals surface area (Å²) in [6, 6.07) is 2.73. The lowest BCUT2D eigenvalue weighted by molar-refractivity contribution is 0.213. The van der Waals surface area contributed by atoms with Crippen molar-refractivity contribution in [2.75, 3.05) is 6.54 Å². The van der Waals surface area contributed by atoms with Crippen LogP contribution < -0.4 is 5.32 Å². The SMILES string of the molecule is CCCC1CCC(C(Cc2ccoc2)NCC)CC1. The summed E-state index contributed by atoms with van der Waals surface area (Å²) in [6.45, 7) is 5.59. The molecular weight excluding hydrogens is 234 g/mol. The fourth-order valence-electron chi connectivity index (χ4n) is 3.62. The van der Waals surface area contributed by atoms with Gasteiger partial charge in [0.15, 0.2) is 0 Å². The molecule has 1 heterocycles. The highest BCUT2D eigenvalue weighted by molar-refractivity contribution is 5.08. The molecule has 19 heavy (non-hydrogen) atoms. The number of hydrogen-bond acceptors (Lipinski definition) is 2. The third-order valence-corrected chi connectivity index (χ3v) is 4.66. The maximum Gasteiger partial charge on any atom is 0.0935 e. The maximum atomic E-state index is 5.20. The van der Waals surface area contributed by atoms with Gasteiger partial charge in [-0.05, 0) is 49.3 Å². The number of nitrogens with one attached hydrogen (secondary N) is 1. The molecule has 1 aromatic heterocycles. The lowest BCUT2D eigenvalue weighted by atomic mass is 9.76. The van der Waals surface area contributed by atoms with E-state index in [1.165, 1.54) is 44.1 Å². The molecule has 1 aromatic rings. The Balaban J connectivity index is 1.85. The molecule has 1 saturated carbocycles. The van der Waals surface area contributed by atoms with Crippen molar-refractivity contribution in [1.82, 2.24) is 5.32 Å². The zero-order valence-electron chi connectivity index (χ0n) is 12.5. The standard InChI is InChI=1S/C17H29NO/c1-3-5-14-6-8-16(9-7-14)17(18-4-2)12-15-10-11-19-13-15/h10-11,13-14,16-18H,3-9,12H2,1-2H3. The highest BCUT2D eigenvalue weighted by atomic mass is 16.3. The van der Waals surface area contributed by atoms with Gasteiger partial charge in [0.25, 0.3) is 0 Å². The van der Waals surface area contributed by atoms with E-state index < -0.39 is 0 Å². The normalized spacial score (nSPS) is 25.4. The molecule has 0 aliphatic heterocycles. The molecule has 2 heteroatoms. The average molecular weight is 263 g/mol. The summed E-state index contributed by atoms with van der Waals surface area (Å²) >= 11 is 0. The predicted octanol–water partition coefficient (Wildman–Crippen LogP) is 4.41. The van der Waals surface area contributed by atoms with Gasteiger partial charge in [0.1, 0.15) is 0 Å². The van der Waals surface area contributed by atoms with Gasteiger partial charge < -0.3 is 9.73 Å². The van der Waals surface area contributed by atoms with Gasteiger partial charge in [0.2, 0.25) is 0 Å². The summed E-state index contributed by atoms with van der Waals surface area (Å²) < 4.78 is 5.20. The minimum atomic E-state index is 0.630. The summed E-state index contributed by atoms with van der Waals surface area (Å²) in [5.41, 5.74) is 1.33. The van der Waals surface area contributed by atoms with E-state index in [2.05, 4.69) is 25.2 Å². The predicted molar refractivity (Wildman–Crippen MR) is 80.2 cm³/mol. The smallest absolute Gasteiger partial charge is 0.0935 e. The van der Waals surface area contributed by atoms with Crippen molar-refractivity contribution < 1.29 is 4.42 Å². The molecular formula is C17H29NO. The van der Waals surface area contributed by atoms with Crippen molar-refractivity contribution in [3.63, 3.8) is 0 Å². The maximum absolute atomic E-state index is 5.20. The molecule has 0 spiro atoms. The van der Waals surface area contributed by atoms with Crippen molar-refractivity contribution in [3.05, 3.63) is 24.2 Å². The Morgan fingerprint density at radius 2 is 2.05 bits per heavy atom. The van der Waals surface area contributed by atoms with Gasteiger partial charge in [0, 0.05) is 6.04 Å². The third-order valence-electron chi connectivity index (χ3n) is 4.66. The van der Waals surface area contributed by atoms with E-state index in [9.17, 15) is 0 Å². The van der Waals surface area contributed by atoms with Gasteiger partial charge >= 0.3 is 0 Å². The first-order chi connectivity index (χ1) is 9.33. The zero-order chi connectivity index (χ0) is 13.5. The quantitative estimate of drug-likeness (QED) is 0.788.